The molecule has 0 saturated heterocycles. The molecule has 0 saturated carbocycles. The zero-order valence-electron chi connectivity index (χ0n) is 17.4. The average molecular weight is 628 g/mol. The molecular weight excluding hydrogens is 613 g/mol. The first-order valence-electron chi connectivity index (χ1n) is 9.71. The van der Waals surface area contributed by atoms with Crippen LogP contribution in [-0.2, 0) is 6.61 Å². The Bertz CT molecular complexity index is 1550. The molecule has 0 unspecified atom stereocenters. The van der Waals surface area contributed by atoms with Gasteiger partial charge in [0.05, 0.1) is 38.7 Å². The fraction of sp³-hybridized carbons (Fsp3) is 0.0870. The molecule has 4 aromatic rings. The van der Waals surface area contributed by atoms with Crippen molar-refractivity contribution in [2.24, 2.45) is 5.10 Å². The number of ether oxygens (including phenoxy) is 2. The van der Waals surface area contributed by atoms with Crippen molar-refractivity contribution in [3.63, 3.8) is 0 Å². The molecule has 1 N–H and O–H groups in total. The van der Waals surface area contributed by atoms with E-state index in [4.69, 9.17) is 32.7 Å². The molecule has 4 rings (SSSR count). The Morgan fingerprint density at radius 3 is 2.56 bits per heavy atom. The van der Waals surface area contributed by atoms with E-state index < -0.39 is 11.2 Å². The summed E-state index contributed by atoms with van der Waals surface area (Å²) < 4.78 is 13.4. The molecule has 0 spiro atoms. The number of aromatic nitrogens is 2. The fourth-order valence-electron chi connectivity index (χ4n) is 3.15. The third kappa shape index (κ3) is 4.93. The van der Waals surface area contributed by atoms with Crippen LogP contribution in [-0.4, -0.2) is 23.0 Å². The summed E-state index contributed by atoms with van der Waals surface area (Å²) in [7, 11) is 1.50. The average Bonchev–Trinajstić information content (AvgIpc) is 2.82. The van der Waals surface area contributed by atoms with Crippen molar-refractivity contribution in [3.05, 3.63) is 99.5 Å². The molecule has 0 radical (unpaired) electrons. The molecule has 0 aliphatic rings. The Morgan fingerprint density at radius 2 is 1.82 bits per heavy atom. The monoisotopic (exact) mass is 625 g/mol. The molecule has 1 aromatic heterocycles. The number of hydrogen-bond acceptors (Lipinski definition) is 5. The van der Waals surface area contributed by atoms with Crippen molar-refractivity contribution in [3.8, 4) is 11.5 Å². The lowest BCUT2D eigenvalue weighted by Crippen LogP contribution is -2.32. The first-order chi connectivity index (χ1) is 16.3. The summed E-state index contributed by atoms with van der Waals surface area (Å²) in [6.07, 6.45) is 1.38. The largest absolute Gasteiger partial charge is 0.493 e. The molecule has 0 atom stereocenters. The van der Waals surface area contributed by atoms with Crippen molar-refractivity contribution in [2.45, 2.75) is 6.61 Å². The zero-order valence-corrected chi connectivity index (χ0v) is 22.1. The molecule has 0 aliphatic carbocycles. The van der Waals surface area contributed by atoms with E-state index in [1.807, 2.05) is 6.07 Å². The minimum Gasteiger partial charge on any atom is -0.493 e. The lowest BCUT2D eigenvalue weighted by Gasteiger charge is -2.15. The van der Waals surface area contributed by atoms with Crippen molar-refractivity contribution < 1.29 is 9.47 Å². The fourth-order valence-corrected chi connectivity index (χ4v) is 4.40. The van der Waals surface area contributed by atoms with E-state index in [0.717, 1.165) is 10.2 Å². The van der Waals surface area contributed by atoms with Gasteiger partial charge in [-0.1, -0.05) is 41.4 Å². The lowest BCUT2D eigenvalue weighted by atomic mass is 10.2. The van der Waals surface area contributed by atoms with Gasteiger partial charge in [0.15, 0.2) is 11.5 Å². The smallest absolute Gasteiger partial charge is 0.349 e. The number of rotatable bonds is 6. The van der Waals surface area contributed by atoms with Crippen LogP contribution in [0.4, 0.5) is 0 Å². The van der Waals surface area contributed by atoms with Gasteiger partial charge in [-0.15, -0.1) is 4.68 Å². The van der Waals surface area contributed by atoms with Crippen LogP contribution in [0.5, 0.6) is 11.5 Å². The Kier molecular flexibility index (Phi) is 7.47. The first-order valence-corrected chi connectivity index (χ1v) is 12.1. The van der Waals surface area contributed by atoms with Crippen molar-refractivity contribution in [1.29, 1.82) is 0 Å². The Hall–Kier alpha value is -2.59. The van der Waals surface area contributed by atoms with Crippen LogP contribution >= 0.6 is 55.1 Å². The van der Waals surface area contributed by atoms with Gasteiger partial charge >= 0.3 is 5.69 Å². The van der Waals surface area contributed by atoms with Crippen LogP contribution in [0.25, 0.3) is 10.9 Å². The molecule has 7 nitrogen and oxygen atoms in total. The third-order valence-electron chi connectivity index (χ3n) is 4.84. The van der Waals surface area contributed by atoms with Crippen molar-refractivity contribution >= 4 is 72.2 Å². The maximum atomic E-state index is 12.7. The molecular formula is C23H15Br2Cl2N3O4. The summed E-state index contributed by atoms with van der Waals surface area (Å²) in [6.45, 7) is 0.216. The van der Waals surface area contributed by atoms with Gasteiger partial charge in [-0.3, -0.25) is 4.79 Å². The van der Waals surface area contributed by atoms with Gasteiger partial charge in [-0.05, 0) is 67.8 Å². The summed E-state index contributed by atoms with van der Waals surface area (Å²) in [4.78, 5) is 27.7. The molecule has 34 heavy (non-hydrogen) atoms. The molecule has 11 heteroatoms. The number of para-hydroxylation sites is 1. The van der Waals surface area contributed by atoms with Gasteiger partial charge in [-0.2, -0.15) is 5.10 Å². The molecule has 0 amide bonds. The molecule has 0 aliphatic heterocycles. The van der Waals surface area contributed by atoms with E-state index in [1.54, 1.807) is 42.5 Å². The first kappa shape index (κ1) is 24.5. The SMILES string of the molecule is COc1cc(C=Nn2c(=O)[nH]c3ccccc3c2=O)c(Br)c(Br)c1OCc1ccc(Cl)c(Cl)c1. The van der Waals surface area contributed by atoms with Gasteiger partial charge in [0, 0.05) is 10.0 Å². The number of hydrogen-bond donors (Lipinski definition) is 1. The van der Waals surface area contributed by atoms with E-state index in [2.05, 4.69) is 41.9 Å². The van der Waals surface area contributed by atoms with Gasteiger partial charge < -0.3 is 14.5 Å². The standard InChI is InChI=1S/C23H15Br2Cl2N3O4/c1-33-18-9-13(10-28-30-22(31)14-4-2-3-5-17(14)29-23(30)32)19(24)20(25)21(18)34-11-12-6-7-15(26)16(27)8-12/h2-10H,11H2,1H3,(H,29,32). The predicted octanol–water partition coefficient (Wildman–Crippen LogP) is 5.99. The third-order valence-corrected chi connectivity index (χ3v) is 7.72. The van der Waals surface area contributed by atoms with Gasteiger partial charge in [0.25, 0.3) is 5.56 Å². The topological polar surface area (TPSA) is 85.7 Å². The highest BCUT2D eigenvalue weighted by Gasteiger charge is 2.17. The highest BCUT2D eigenvalue weighted by Crippen LogP contribution is 2.42. The number of H-pyrrole nitrogens is 1. The van der Waals surface area contributed by atoms with E-state index in [-0.39, 0.29) is 6.61 Å². The van der Waals surface area contributed by atoms with E-state index in [0.29, 0.717) is 47.0 Å². The summed E-state index contributed by atoms with van der Waals surface area (Å²) in [6, 6.07) is 13.6. The number of nitrogens with one attached hydrogen (secondary N) is 1. The lowest BCUT2D eigenvalue weighted by molar-refractivity contribution is 0.282. The van der Waals surface area contributed by atoms with Crippen LogP contribution in [0.1, 0.15) is 11.1 Å². The van der Waals surface area contributed by atoms with E-state index in [1.165, 1.54) is 13.3 Å². The molecule has 0 bridgehead atoms. The molecule has 0 fully saturated rings. The van der Waals surface area contributed by atoms with Crippen LogP contribution in [0.15, 0.2) is 72.2 Å². The maximum absolute atomic E-state index is 12.7. The molecule has 3 aromatic carbocycles. The summed E-state index contributed by atoms with van der Waals surface area (Å²) in [5.41, 5.74) is 0.631. The summed E-state index contributed by atoms with van der Waals surface area (Å²) in [5, 5.41) is 5.34. The highest BCUT2D eigenvalue weighted by molar-refractivity contribution is 9.13. The quantitative estimate of drug-likeness (QED) is 0.266. The zero-order chi connectivity index (χ0) is 24.4. The second-order valence-electron chi connectivity index (χ2n) is 7.00. The van der Waals surface area contributed by atoms with Crippen LogP contribution in [0.2, 0.25) is 10.0 Å². The minimum atomic E-state index is -0.649. The summed E-state index contributed by atoms with van der Waals surface area (Å²) >= 11 is 19.1. The van der Waals surface area contributed by atoms with E-state index >= 15 is 0 Å². The van der Waals surface area contributed by atoms with Crippen molar-refractivity contribution in [2.75, 3.05) is 7.11 Å². The van der Waals surface area contributed by atoms with Crippen molar-refractivity contribution in [1.82, 2.24) is 9.66 Å². The number of methoxy groups -OCH3 is 1. The highest BCUT2D eigenvalue weighted by atomic mass is 79.9. The number of halogens is 4. The maximum Gasteiger partial charge on any atom is 0.349 e. The number of fused-ring (bicyclic) bond motifs is 1. The number of nitrogens with zero attached hydrogens (tertiary/aromatic N) is 2. The Morgan fingerprint density at radius 1 is 1.06 bits per heavy atom. The predicted molar refractivity (Wildman–Crippen MR) is 141 cm³/mol. The van der Waals surface area contributed by atoms with Gasteiger partial charge in [0.2, 0.25) is 0 Å². The minimum absolute atomic E-state index is 0.216. The summed E-state index contributed by atoms with van der Waals surface area (Å²) in [5.74, 6) is 0.856. The Labute approximate surface area is 220 Å². The molecule has 1 heterocycles. The van der Waals surface area contributed by atoms with Crippen LogP contribution < -0.4 is 20.7 Å². The second-order valence-corrected chi connectivity index (χ2v) is 9.40. The molecule has 174 valence electrons. The number of benzene rings is 3. The van der Waals surface area contributed by atoms with Gasteiger partial charge in [0.1, 0.15) is 6.61 Å². The van der Waals surface area contributed by atoms with E-state index in [9.17, 15) is 9.59 Å². The van der Waals surface area contributed by atoms with Crippen LogP contribution in [0, 0.1) is 0 Å². The second kappa shape index (κ2) is 10.4. The van der Waals surface area contributed by atoms with Gasteiger partial charge in [-0.25, -0.2) is 4.79 Å². The Balaban J connectivity index is 1.68. The normalized spacial score (nSPS) is 11.3. The number of aromatic amines is 1. The van der Waals surface area contributed by atoms with Crippen LogP contribution in [0.3, 0.4) is 0 Å².